The van der Waals surface area contributed by atoms with E-state index in [0.717, 1.165) is 29.0 Å². The summed E-state index contributed by atoms with van der Waals surface area (Å²) in [5.74, 6) is 0.684. The van der Waals surface area contributed by atoms with Crippen molar-refractivity contribution in [2.24, 2.45) is 0 Å². The minimum Gasteiger partial charge on any atom is -0.342 e. The Kier molecular flexibility index (Phi) is 4.96. The summed E-state index contributed by atoms with van der Waals surface area (Å²) in [6.45, 7) is 0.693. The number of nitrogens with zero attached hydrogens (tertiary/aromatic N) is 2. The third-order valence-corrected chi connectivity index (χ3v) is 5.58. The molecule has 0 saturated carbocycles. The van der Waals surface area contributed by atoms with E-state index < -0.39 is 0 Å². The Morgan fingerprint density at radius 3 is 2.58 bits per heavy atom. The zero-order valence-electron chi connectivity index (χ0n) is 17.0. The zero-order valence-corrected chi connectivity index (χ0v) is 17.0. The van der Waals surface area contributed by atoms with Crippen molar-refractivity contribution in [1.82, 2.24) is 9.97 Å². The van der Waals surface area contributed by atoms with Crippen LogP contribution in [0, 0.1) is 0 Å². The highest BCUT2D eigenvalue weighted by atomic mass is 16.2. The number of hydrogen-bond acceptors (Lipinski definition) is 3. The molecule has 1 aromatic heterocycles. The largest absolute Gasteiger partial charge is 0.342 e. The van der Waals surface area contributed by atoms with Gasteiger partial charge in [-0.05, 0) is 54.4 Å². The normalized spacial score (nSPS) is 12.7. The number of anilines is 2. The number of hydrogen-bond donors (Lipinski definition) is 2. The molecule has 1 aliphatic rings. The summed E-state index contributed by atoms with van der Waals surface area (Å²) in [7, 11) is 0. The van der Waals surface area contributed by atoms with E-state index in [4.69, 9.17) is 0 Å². The topological polar surface area (TPSA) is 78.1 Å². The molecule has 0 atom stereocenters. The van der Waals surface area contributed by atoms with Gasteiger partial charge in [0.2, 0.25) is 5.91 Å². The molecule has 31 heavy (non-hydrogen) atoms. The molecule has 6 nitrogen and oxygen atoms in total. The average Bonchev–Trinajstić information content (AvgIpc) is 3.42. The van der Waals surface area contributed by atoms with Gasteiger partial charge in [-0.25, -0.2) is 4.98 Å². The number of carbonyl (C=O) groups is 2. The number of rotatable bonds is 5. The summed E-state index contributed by atoms with van der Waals surface area (Å²) in [6.07, 6.45) is 1.73. The van der Waals surface area contributed by atoms with Gasteiger partial charge in [0.05, 0.1) is 11.0 Å². The Morgan fingerprint density at radius 1 is 0.968 bits per heavy atom. The first-order valence-corrected chi connectivity index (χ1v) is 10.4. The molecule has 0 aliphatic carbocycles. The van der Waals surface area contributed by atoms with E-state index >= 15 is 0 Å². The lowest BCUT2D eigenvalue weighted by molar-refractivity contribution is -0.116. The summed E-state index contributed by atoms with van der Waals surface area (Å²) in [5.41, 5.74) is 5.34. The van der Waals surface area contributed by atoms with Gasteiger partial charge in [-0.3, -0.25) is 9.59 Å². The number of aryl methyl sites for hydroxylation is 1. The fourth-order valence-electron chi connectivity index (χ4n) is 3.98. The Balaban J connectivity index is 1.19. The molecule has 0 unspecified atom stereocenters. The van der Waals surface area contributed by atoms with Crippen molar-refractivity contribution in [1.29, 1.82) is 0 Å². The maximum absolute atomic E-state index is 12.9. The maximum atomic E-state index is 12.9. The lowest BCUT2D eigenvalue weighted by Crippen LogP contribution is -2.28. The number of fused-ring (bicyclic) bond motifs is 2. The number of carbonyl (C=O) groups excluding carboxylic acids is 2. The van der Waals surface area contributed by atoms with E-state index in [1.165, 1.54) is 5.56 Å². The molecule has 154 valence electrons. The number of nitrogens with one attached hydrogen (secondary N) is 2. The van der Waals surface area contributed by atoms with E-state index in [-0.39, 0.29) is 11.8 Å². The number of amides is 2. The van der Waals surface area contributed by atoms with Gasteiger partial charge < -0.3 is 15.2 Å². The highest BCUT2D eigenvalue weighted by molar-refractivity contribution is 6.07. The highest BCUT2D eigenvalue weighted by Crippen LogP contribution is 2.29. The lowest BCUT2D eigenvalue weighted by atomic mass is 10.1. The van der Waals surface area contributed by atoms with Crippen LogP contribution in [0.5, 0.6) is 0 Å². The van der Waals surface area contributed by atoms with Crippen LogP contribution < -0.4 is 10.2 Å². The van der Waals surface area contributed by atoms with Gasteiger partial charge in [0.25, 0.3) is 5.91 Å². The second-order valence-electron chi connectivity index (χ2n) is 7.66. The molecule has 0 bridgehead atoms. The van der Waals surface area contributed by atoms with Crippen molar-refractivity contribution < 1.29 is 9.59 Å². The Morgan fingerprint density at radius 2 is 1.74 bits per heavy atom. The molecule has 1 aliphatic heterocycles. The van der Waals surface area contributed by atoms with Crippen LogP contribution >= 0.6 is 0 Å². The lowest BCUT2D eigenvalue weighted by Gasteiger charge is -2.17. The van der Waals surface area contributed by atoms with Gasteiger partial charge in [0, 0.05) is 36.3 Å². The Labute approximate surface area is 179 Å². The maximum Gasteiger partial charge on any atom is 0.258 e. The van der Waals surface area contributed by atoms with E-state index in [2.05, 4.69) is 21.4 Å². The van der Waals surface area contributed by atoms with Crippen LogP contribution in [0.3, 0.4) is 0 Å². The molecule has 5 rings (SSSR count). The van der Waals surface area contributed by atoms with E-state index in [9.17, 15) is 9.59 Å². The average molecular weight is 410 g/mol. The van der Waals surface area contributed by atoms with Gasteiger partial charge in [0.1, 0.15) is 5.82 Å². The Bertz CT molecular complexity index is 1230. The van der Waals surface area contributed by atoms with Crippen LogP contribution in [0.15, 0.2) is 72.8 Å². The minimum absolute atomic E-state index is 0.0206. The molecule has 6 heteroatoms. The van der Waals surface area contributed by atoms with E-state index in [0.29, 0.717) is 30.6 Å². The van der Waals surface area contributed by atoms with Crippen LogP contribution in [0.4, 0.5) is 11.4 Å². The Hall–Kier alpha value is -3.93. The van der Waals surface area contributed by atoms with Crippen LogP contribution in [-0.4, -0.2) is 28.3 Å². The molecular formula is C25H22N4O2. The van der Waals surface area contributed by atoms with Crippen molar-refractivity contribution in [2.75, 3.05) is 16.8 Å². The summed E-state index contributed by atoms with van der Waals surface area (Å²) in [6, 6.07) is 22.9. The molecule has 2 N–H and O–H groups in total. The SMILES string of the molecule is O=C(CCc1nc2ccccc2[nH]1)Nc1ccc(C(=O)N2CCc3ccccc32)cc1. The molecule has 0 fully saturated rings. The smallest absolute Gasteiger partial charge is 0.258 e. The predicted octanol–water partition coefficient (Wildman–Crippen LogP) is 4.34. The summed E-state index contributed by atoms with van der Waals surface area (Å²) >= 11 is 0. The van der Waals surface area contributed by atoms with Crippen LogP contribution in [0.25, 0.3) is 11.0 Å². The van der Waals surface area contributed by atoms with Crippen molar-refractivity contribution in [3.8, 4) is 0 Å². The second kappa shape index (κ2) is 8.07. The molecule has 2 heterocycles. The fraction of sp³-hybridized carbons (Fsp3) is 0.160. The molecule has 0 radical (unpaired) electrons. The monoisotopic (exact) mass is 410 g/mol. The van der Waals surface area contributed by atoms with Gasteiger partial charge in [-0.1, -0.05) is 30.3 Å². The summed E-state index contributed by atoms with van der Waals surface area (Å²) in [5, 5.41) is 2.89. The molecule has 2 amide bonds. The fourth-order valence-corrected chi connectivity index (χ4v) is 3.98. The van der Waals surface area contributed by atoms with Gasteiger partial charge in [-0.15, -0.1) is 0 Å². The molecule has 3 aromatic carbocycles. The first-order valence-electron chi connectivity index (χ1n) is 10.4. The van der Waals surface area contributed by atoms with Crippen LogP contribution in [-0.2, 0) is 17.6 Å². The molecular weight excluding hydrogens is 388 g/mol. The minimum atomic E-state index is -0.0898. The van der Waals surface area contributed by atoms with Gasteiger partial charge >= 0.3 is 0 Å². The third-order valence-electron chi connectivity index (χ3n) is 5.58. The molecule has 0 saturated heterocycles. The second-order valence-corrected chi connectivity index (χ2v) is 7.66. The zero-order chi connectivity index (χ0) is 21.2. The van der Waals surface area contributed by atoms with Crippen molar-refractivity contribution in [2.45, 2.75) is 19.3 Å². The number of benzene rings is 3. The number of imidazole rings is 1. The summed E-state index contributed by atoms with van der Waals surface area (Å²) in [4.78, 5) is 34.8. The quantitative estimate of drug-likeness (QED) is 0.514. The van der Waals surface area contributed by atoms with Gasteiger partial charge in [0.15, 0.2) is 0 Å². The van der Waals surface area contributed by atoms with E-state index in [1.807, 2.05) is 47.4 Å². The number of aromatic nitrogens is 2. The third kappa shape index (κ3) is 3.92. The molecule has 4 aromatic rings. The first-order chi connectivity index (χ1) is 15.2. The molecule has 0 spiro atoms. The first kappa shape index (κ1) is 19.1. The van der Waals surface area contributed by atoms with Crippen molar-refractivity contribution >= 4 is 34.2 Å². The van der Waals surface area contributed by atoms with Crippen LogP contribution in [0.2, 0.25) is 0 Å². The number of H-pyrrole nitrogens is 1. The van der Waals surface area contributed by atoms with E-state index in [1.54, 1.807) is 24.3 Å². The number of aromatic amines is 1. The van der Waals surface area contributed by atoms with Crippen molar-refractivity contribution in [3.05, 3.63) is 89.7 Å². The highest BCUT2D eigenvalue weighted by Gasteiger charge is 2.25. The van der Waals surface area contributed by atoms with Gasteiger partial charge in [-0.2, -0.15) is 0 Å². The summed E-state index contributed by atoms with van der Waals surface area (Å²) < 4.78 is 0. The van der Waals surface area contributed by atoms with Crippen molar-refractivity contribution in [3.63, 3.8) is 0 Å². The van der Waals surface area contributed by atoms with Crippen LogP contribution in [0.1, 0.15) is 28.2 Å². The standard InChI is InChI=1S/C25H22N4O2/c30-24(14-13-23-27-20-6-2-3-7-21(20)28-23)26-19-11-9-18(10-12-19)25(31)29-16-15-17-5-1-4-8-22(17)29/h1-12H,13-16H2,(H,26,30)(H,27,28). The number of para-hydroxylation sites is 3. The predicted molar refractivity (Wildman–Crippen MR) is 121 cm³/mol.